The van der Waals surface area contributed by atoms with Crippen molar-refractivity contribution in [2.45, 2.75) is 38.3 Å². The summed E-state index contributed by atoms with van der Waals surface area (Å²) in [5, 5.41) is 23.7. The molecule has 0 aliphatic carbocycles. The van der Waals surface area contributed by atoms with Gasteiger partial charge in [-0.25, -0.2) is 9.18 Å². The van der Waals surface area contributed by atoms with Crippen molar-refractivity contribution in [2.24, 2.45) is 0 Å². The summed E-state index contributed by atoms with van der Waals surface area (Å²) in [4.78, 5) is 43.9. The van der Waals surface area contributed by atoms with Gasteiger partial charge in [-0.05, 0) is 83.8 Å². The number of carbonyl (C=O) groups is 3. The minimum atomic E-state index is -1.06. The van der Waals surface area contributed by atoms with Crippen LogP contribution >= 0.6 is 11.6 Å². The number of benzene rings is 3. The molecule has 47 heavy (non-hydrogen) atoms. The van der Waals surface area contributed by atoms with E-state index >= 15 is 4.39 Å². The maximum Gasteiger partial charge on any atom is 0.335 e. The van der Waals surface area contributed by atoms with Gasteiger partial charge in [0.2, 0.25) is 5.91 Å². The van der Waals surface area contributed by atoms with Crippen molar-refractivity contribution in [3.8, 4) is 5.69 Å². The number of halogens is 2. The standard InChI is InChI=1S/C34H33ClFN7O4/c1-34(2)19-25-23(4-3-5-27(25)41-16-14-37-15-17-41)32(29(44)18-21-6-8-22(9-7-21)33(46)47)43(34)30(45)13-10-24-28(42-20-38-39-40-42)12-11-26(35)31(24)36/h3-13,20,32,37H,14-19H2,1-2H3,(H,46,47)/b13-10+/t32-/m0/s1. The molecule has 3 heterocycles. The molecule has 2 aliphatic heterocycles. The van der Waals surface area contributed by atoms with Gasteiger partial charge in [0.15, 0.2) is 11.6 Å². The van der Waals surface area contributed by atoms with Gasteiger partial charge in [-0.3, -0.25) is 9.59 Å². The van der Waals surface area contributed by atoms with Crippen LogP contribution in [-0.2, 0) is 22.4 Å². The molecule has 11 nitrogen and oxygen atoms in total. The van der Waals surface area contributed by atoms with Gasteiger partial charge in [-0.15, -0.1) is 5.10 Å². The Morgan fingerprint density at radius 2 is 1.81 bits per heavy atom. The van der Waals surface area contributed by atoms with Crippen LogP contribution in [0.4, 0.5) is 10.1 Å². The second-order valence-electron chi connectivity index (χ2n) is 12.2. The lowest BCUT2D eigenvalue weighted by Gasteiger charge is -2.49. The van der Waals surface area contributed by atoms with E-state index in [2.05, 4.69) is 31.8 Å². The minimum absolute atomic E-state index is 0.00996. The molecule has 1 fully saturated rings. The molecule has 13 heteroatoms. The Morgan fingerprint density at radius 1 is 1.06 bits per heavy atom. The van der Waals surface area contributed by atoms with Crippen LogP contribution in [-0.4, -0.2) is 79.6 Å². The number of carboxylic acid groups (broad SMARTS) is 1. The third-order valence-electron chi connectivity index (χ3n) is 8.68. The summed E-state index contributed by atoms with van der Waals surface area (Å²) in [6.45, 7) is 7.14. The number of piperazine rings is 1. The predicted molar refractivity (Wildman–Crippen MR) is 174 cm³/mol. The molecule has 0 bridgehead atoms. The molecule has 1 saturated heterocycles. The molecule has 3 aromatic carbocycles. The maximum absolute atomic E-state index is 15.4. The van der Waals surface area contributed by atoms with E-state index in [-0.39, 0.29) is 34.0 Å². The molecule has 1 atom stereocenters. The molecule has 0 saturated carbocycles. The number of aromatic carboxylic acids is 1. The number of ketones is 1. The van der Waals surface area contributed by atoms with Gasteiger partial charge in [0.25, 0.3) is 0 Å². The molecule has 2 aliphatic rings. The van der Waals surface area contributed by atoms with Crippen LogP contribution in [0.15, 0.2) is 67.0 Å². The van der Waals surface area contributed by atoms with Crippen LogP contribution in [0.25, 0.3) is 11.8 Å². The molecule has 0 spiro atoms. The second-order valence-corrected chi connectivity index (χ2v) is 12.6. The van der Waals surface area contributed by atoms with Gasteiger partial charge in [-0.1, -0.05) is 35.9 Å². The molecule has 0 unspecified atom stereocenters. The highest BCUT2D eigenvalue weighted by molar-refractivity contribution is 6.31. The Bertz CT molecular complexity index is 1850. The Labute approximate surface area is 275 Å². The third kappa shape index (κ3) is 6.38. The number of Topliss-reactive ketones (excluding diaryl/α,β-unsaturated/α-hetero) is 1. The first-order valence-corrected chi connectivity index (χ1v) is 15.6. The van der Waals surface area contributed by atoms with Gasteiger partial charge < -0.3 is 20.2 Å². The van der Waals surface area contributed by atoms with E-state index in [4.69, 9.17) is 11.6 Å². The Balaban J connectivity index is 1.42. The largest absolute Gasteiger partial charge is 0.478 e. The smallest absolute Gasteiger partial charge is 0.335 e. The minimum Gasteiger partial charge on any atom is -0.478 e. The second kappa shape index (κ2) is 13.0. The monoisotopic (exact) mass is 657 g/mol. The van der Waals surface area contributed by atoms with E-state index in [1.54, 1.807) is 23.1 Å². The summed E-state index contributed by atoms with van der Waals surface area (Å²) in [7, 11) is 0. The van der Waals surface area contributed by atoms with E-state index in [9.17, 15) is 19.5 Å². The lowest BCUT2D eigenvalue weighted by atomic mass is 9.78. The number of hydrogen-bond acceptors (Lipinski definition) is 8. The Kier molecular flexibility index (Phi) is 8.89. The highest BCUT2D eigenvalue weighted by Crippen LogP contribution is 2.44. The molecule has 242 valence electrons. The predicted octanol–water partition coefficient (Wildman–Crippen LogP) is 4.29. The van der Waals surface area contributed by atoms with Crippen molar-refractivity contribution in [3.63, 3.8) is 0 Å². The van der Waals surface area contributed by atoms with Crippen LogP contribution in [0.2, 0.25) is 5.02 Å². The number of amides is 1. The molecule has 1 amide bonds. The molecular weight excluding hydrogens is 625 g/mol. The van der Waals surface area contributed by atoms with E-state index in [1.807, 2.05) is 26.0 Å². The third-order valence-corrected chi connectivity index (χ3v) is 8.97. The number of fused-ring (bicyclic) bond motifs is 1. The zero-order valence-electron chi connectivity index (χ0n) is 25.9. The van der Waals surface area contributed by atoms with Crippen molar-refractivity contribution < 1.29 is 23.9 Å². The average molecular weight is 658 g/mol. The van der Waals surface area contributed by atoms with Crippen LogP contribution in [0.3, 0.4) is 0 Å². The van der Waals surface area contributed by atoms with Crippen molar-refractivity contribution in [3.05, 3.63) is 106 Å². The molecule has 4 aromatic rings. The van der Waals surface area contributed by atoms with E-state index in [0.717, 1.165) is 43.0 Å². The number of nitrogens with one attached hydrogen (secondary N) is 1. The molecule has 6 rings (SSSR count). The number of nitrogens with zero attached hydrogens (tertiary/aromatic N) is 6. The van der Waals surface area contributed by atoms with E-state index < -0.39 is 29.3 Å². The summed E-state index contributed by atoms with van der Waals surface area (Å²) in [5.74, 6) is -2.53. The SMILES string of the molecule is CC1(C)Cc2c(cccc2N2CCNCC2)[C@@H](C(=O)Cc2ccc(C(=O)O)cc2)N1C(=O)/C=C/c1c(-n2cnnn2)ccc(Cl)c1F. The van der Waals surface area contributed by atoms with Crippen molar-refractivity contribution in [1.82, 2.24) is 30.4 Å². The Morgan fingerprint density at radius 3 is 2.49 bits per heavy atom. The van der Waals surface area contributed by atoms with Gasteiger partial charge in [0.1, 0.15) is 12.4 Å². The van der Waals surface area contributed by atoms with Crippen molar-refractivity contribution >= 4 is 41.0 Å². The van der Waals surface area contributed by atoms with Crippen LogP contribution in [0, 0.1) is 5.82 Å². The lowest BCUT2D eigenvalue weighted by molar-refractivity contribution is -0.143. The summed E-state index contributed by atoms with van der Waals surface area (Å²) in [5.41, 5.74) is 2.98. The molecular formula is C34H33ClFN7O4. The molecule has 0 radical (unpaired) electrons. The Hall–Kier alpha value is -4.94. The number of anilines is 1. The van der Waals surface area contributed by atoms with Gasteiger partial charge in [0.05, 0.1) is 16.3 Å². The van der Waals surface area contributed by atoms with Gasteiger partial charge >= 0.3 is 5.97 Å². The van der Waals surface area contributed by atoms with E-state index in [1.165, 1.54) is 41.4 Å². The zero-order chi connectivity index (χ0) is 33.3. The number of carboxylic acids is 1. The fourth-order valence-electron chi connectivity index (χ4n) is 6.48. The first-order valence-electron chi connectivity index (χ1n) is 15.2. The number of hydrogen-bond donors (Lipinski definition) is 2. The van der Waals surface area contributed by atoms with Crippen molar-refractivity contribution in [2.75, 3.05) is 31.1 Å². The molecule has 2 N–H and O–H groups in total. The topological polar surface area (TPSA) is 134 Å². The number of aromatic nitrogens is 4. The van der Waals surface area contributed by atoms with Crippen LogP contribution in [0.1, 0.15) is 52.5 Å². The maximum atomic E-state index is 15.4. The first-order chi connectivity index (χ1) is 22.5. The van der Waals surface area contributed by atoms with Crippen LogP contribution in [0.5, 0.6) is 0 Å². The summed E-state index contributed by atoms with van der Waals surface area (Å²) in [6, 6.07) is 14.0. The number of tetrazole rings is 1. The summed E-state index contributed by atoms with van der Waals surface area (Å²) < 4.78 is 16.6. The normalized spacial score (nSPS) is 17.5. The quantitative estimate of drug-likeness (QED) is 0.266. The fourth-order valence-corrected chi connectivity index (χ4v) is 6.64. The van der Waals surface area contributed by atoms with E-state index in [0.29, 0.717) is 12.0 Å². The number of rotatable bonds is 8. The highest BCUT2D eigenvalue weighted by atomic mass is 35.5. The first kappa shape index (κ1) is 32.0. The highest BCUT2D eigenvalue weighted by Gasteiger charge is 2.45. The van der Waals surface area contributed by atoms with Gasteiger partial charge in [0, 0.05) is 55.5 Å². The summed E-state index contributed by atoms with van der Waals surface area (Å²) in [6.07, 6.45) is 4.34. The van der Waals surface area contributed by atoms with Crippen molar-refractivity contribution in [1.29, 1.82) is 0 Å². The van der Waals surface area contributed by atoms with Crippen LogP contribution < -0.4 is 10.2 Å². The zero-order valence-corrected chi connectivity index (χ0v) is 26.6. The summed E-state index contributed by atoms with van der Waals surface area (Å²) >= 11 is 6.11. The lowest BCUT2D eigenvalue weighted by Crippen LogP contribution is -2.56. The number of carbonyl (C=O) groups excluding carboxylic acids is 2. The average Bonchev–Trinajstić information content (AvgIpc) is 3.59. The van der Waals surface area contributed by atoms with Gasteiger partial charge in [-0.2, -0.15) is 4.68 Å². The fraction of sp³-hybridized carbons (Fsp3) is 0.294. The molecule has 1 aromatic heterocycles.